The maximum atomic E-state index is 13.6. The van der Waals surface area contributed by atoms with Crippen LogP contribution in [0.2, 0.25) is 78.6 Å². The lowest BCUT2D eigenvalue weighted by Gasteiger charge is -2.51. The molecule has 0 aliphatic carbocycles. The van der Waals surface area contributed by atoms with Gasteiger partial charge in [-0.05, 0) is 99.6 Å². The molecule has 1 N–H and O–H groups in total. The van der Waals surface area contributed by atoms with Gasteiger partial charge in [-0.25, -0.2) is 0 Å². The average Bonchev–Trinajstić information content (AvgIpc) is 2.59. The number of amides is 1. The quantitative estimate of drug-likeness (QED) is 0.353. The maximum Gasteiger partial charge on any atom is 0.252 e. The van der Waals surface area contributed by atoms with Gasteiger partial charge in [0.1, 0.15) is 18.3 Å². The minimum absolute atomic E-state index is 0.185. The maximum absolute atomic E-state index is 13.6. The molecule has 1 fully saturated rings. The van der Waals surface area contributed by atoms with Crippen LogP contribution in [0, 0.1) is 0 Å². The molecule has 1 aliphatic heterocycles. The zero-order chi connectivity index (χ0) is 27.6. The van der Waals surface area contributed by atoms with E-state index in [1.807, 2.05) is 14.1 Å². The summed E-state index contributed by atoms with van der Waals surface area (Å²) in [6, 6.07) is 0.185. The largest absolute Gasteiger partial charge is 0.409 e. The van der Waals surface area contributed by atoms with Gasteiger partial charge in [0.2, 0.25) is 0 Å². The van der Waals surface area contributed by atoms with E-state index in [0.717, 1.165) is 0 Å². The molecule has 12 heteroatoms. The van der Waals surface area contributed by atoms with E-state index < -0.39 is 64.0 Å². The van der Waals surface area contributed by atoms with Gasteiger partial charge in [-0.15, -0.1) is 0 Å². The van der Waals surface area contributed by atoms with Crippen LogP contribution >= 0.6 is 0 Å². The van der Waals surface area contributed by atoms with Gasteiger partial charge in [0.25, 0.3) is 5.91 Å². The second kappa shape index (κ2) is 12.3. The minimum Gasteiger partial charge on any atom is -0.409 e. The van der Waals surface area contributed by atoms with Crippen LogP contribution in [0.25, 0.3) is 0 Å². The molecule has 0 aromatic rings. The first-order valence-electron chi connectivity index (χ1n) is 12.8. The zero-order valence-corrected chi connectivity index (χ0v) is 29.1. The lowest BCUT2D eigenvalue weighted by molar-refractivity contribution is -0.258. The molecular weight excluding hydrogens is 513 g/mol. The summed E-state index contributed by atoms with van der Waals surface area (Å²) in [7, 11) is -4.19. The lowest BCUT2D eigenvalue weighted by Crippen LogP contribution is -2.68. The molecule has 6 atom stereocenters. The number of hydrogen-bond acceptors (Lipinski definition) is 7. The van der Waals surface area contributed by atoms with E-state index in [1.54, 1.807) is 0 Å². The van der Waals surface area contributed by atoms with Gasteiger partial charge in [-0.3, -0.25) is 4.79 Å². The molecule has 1 amide bonds. The minimum atomic E-state index is -2.08. The van der Waals surface area contributed by atoms with Crippen LogP contribution in [0.4, 0.5) is 0 Å². The smallest absolute Gasteiger partial charge is 0.252 e. The Labute approximate surface area is 219 Å². The fraction of sp³-hybridized carbons (Fsp3) is 0.957. The van der Waals surface area contributed by atoms with Crippen molar-refractivity contribution in [2.45, 2.75) is 122 Å². The molecule has 1 saturated heterocycles. The summed E-state index contributed by atoms with van der Waals surface area (Å²) in [5, 5.41) is 3.09. The second-order valence-electron chi connectivity index (χ2n) is 13.8. The molecule has 1 rings (SSSR count). The van der Waals surface area contributed by atoms with E-state index in [2.05, 4.69) is 95.7 Å². The number of nitrogens with zero attached hydrogens (tertiary/aromatic N) is 1. The molecule has 0 bridgehead atoms. The molecule has 1 aliphatic rings. The van der Waals surface area contributed by atoms with Crippen molar-refractivity contribution in [3.63, 3.8) is 0 Å². The van der Waals surface area contributed by atoms with E-state index in [0.29, 0.717) is 6.54 Å². The molecule has 208 valence electrons. The predicted octanol–water partition coefficient (Wildman–Crippen LogP) is 4.29. The first kappa shape index (κ1) is 33.1. The Morgan fingerprint density at radius 1 is 0.743 bits per heavy atom. The van der Waals surface area contributed by atoms with Crippen molar-refractivity contribution in [1.82, 2.24) is 10.2 Å². The number of nitrogens with one attached hydrogen (secondary N) is 1. The number of likely N-dealkylation sites (N-methyl/N-ethyl adjacent to an activating group) is 1. The highest BCUT2D eigenvalue weighted by Crippen LogP contribution is 2.35. The third-order valence-electron chi connectivity index (χ3n) is 5.15. The number of ether oxygens (including phenoxy) is 1. The average molecular weight is 567 g/mol. The molecule has 1 heterocycles. The molecule has 35 heavy (non-hydrogen) atoms. The van der Waals surface area contributed by atoms with E-state index in [9.17, 15) is 4.79 Å². The SMILES string of the molecule is CC(CNC(=O)[C@H]1OC(O[Si](C)(C)C)[C@H](O[Si](C)(C)C)[C@@H](O[Si](C)(C)C)[C@@H]1O[Si](C)(C)C)N(C)C. The van der Waals surface area contributed by atoms with Crippen molar-refractivity contribution in [3.05, 3.63) is 0 Å². The zero-order valence-electron chi connectivity index (χ0n) is 25.1. The highest BCUT2D eigenvalue weighted by atomic mass is 28.4. The van der Waals surface area contributed by atoms with E-state index in [4.69, 9.17) is 22.4 Å². The fourth-order valence-corrected chi connectivity index (χ4v) is 7.72. The molecular formula is C23H54N2O6Si4. The number of hydrogen-bond donors (Lipinski definition) is 1. The van der Waals surface area contributed by atoms with Gasteiger partial charge in [0.15, 0.2) is 45.7 Å². The monoisotopic (exact) mass is 566 g/mol. The highest BCUT2D eigenvalue weighted by Gasteiger charge is 2.54. The summed E-state index contributed by atoms with van der Waals surface area (Å²) in [6.45, 7) is 28.2. The molecule has 8 nitrogen and oxygen atoms in total. The third-order valence-corrected chi connectivity index (χ3v) is 9.02. The summed E-state index contributed by atoms with van der Waals surface area (Å²) >= 11 is 0. The van der Waals surface area contributed by atoms with Crippen molar-refractivity contribution in [3.8, 4) is 0 Å². The van der Waals surface area contributed by atoms with Crippen LogP contribution in [0.1, 0.15) is 6.92 Å². The summed E-state index contributed by atoms with van der Waals surface area (Å²) in [5.41, 5.74) is 0. The highest BCUT2D eigenvalue weighted by molar-refractivity contribution is 6.71. The van der Waals surface area contributed by atoms with Crippen molar-refractivity contribution in [2.24, 2.45) is 0 Å². The Bertz CT molecular complexity index is 685. The summed E-state index contributed by atoms with van der Waals surface area (Å²) in [5.74, 6) is -0.193. The normalized spacial score (nSPS) is 27.7. The standard InChI is InChI=1S/C23H54N2O6Si4/c1-17(25(2)3)16-24-22(26)20-18(28-32(4,5)6)19(29-33(7,8)9)21(30-34(10,11)12)23(27-20)31-35(13,14)15/h17-21,23H,16H2,1-15H3,(H,24,26)/t17?,18-,19-,20-,21+,23?/m0/s1. The lowest BCUT2D eigenvalue weighted by atomic mass is 9.98. The van der Waals surface area contributed by atoms with Crippen molar-refractivity contribution in [2.75, 3.05) is 20.6 Å². The molecule has 2 unspecified atom stereocenters. The van der Waals surface area contributed by atoms with Gasteiger partial charge >= 0.3 is 0 Å². The van der Waals surface area contributed by atoms with Crippen LogP contribution in [0.5, 0.6) is 0 Å². The van der Waals surface area contributed by atoms with Crippen molar-refractivity contribution in [1.29, 1.82) is 0 Å². The Morgan fingerprint density at radius 3 is 1.54 bits per heavy atom. The fourth-order valence-electron chi connectivity index (χ4n) is 3.61. The molecule has 0 spiro atoms. The van der Waals surface area contributed by atoms with Gasteiger partial charge in [-0.2, -0.15) is 0 Å². The Kier molecular flexibility index (Phi) is 11.6. The van der Waals surface area contributed by atoms with Crippen LogP contribution < -0.4 is 5.32 Å². The topological polar surface area (TPSA) is 78.5 Å². The van der Waals surface area contributed by atoms with Gasteiger partial charge in [0.05, 0.1) is 0 Å². The van der Waals surface area contributed by atoms with Gasteiger partial charge < -0.3 is 32.7 Å². The second-order valence-corrected chi connectivity index (χ2v) is 31.6. The summed E-state index contributed by atoms with van der Waals surface area (Å²) < 4.78 is 33.2. The first-order valence-corrected chi connectivity index (χ1v) is 26.4. The molecule has 0 aromatic heterocycles. The Hall–Kier alpha value is 0.0975. The van der Waals surface area contributed by atoms with Gasteiger partial charge in [-0.1, -0.05) is 0 Å². The van der Waals surface area contributed by atoms with E-state index in [-0.39, 0.29) is 11.9 Å². The van der Waals surface area contributed by atoms with E-state index in [1.165, 1.54) is 0 Å². The Balaban J connectivity index is 3.54. The molecule has 0 aromatic carbocycles. The first-order chi connectivity index (χ1) is 15.5. The summed E-state index contributed by atoms with van der Waals surface area (Å²) in [4.78, 5) is 15.7. The number of carbonyl (C=O) groups excluding carboxylic acids is 1. The van der Waals surface area contributed by atoms with Gasteiger partial charge in [0, 0.05) is 12.6 Å². The number of carbonyl (C=O) groups is 1. The third kappa shape index (κ3) is 12.5. The van der Waals surface area contributed by atoms with Crippen LogP contribution in [-0.2, 0) is 27.2 Å². The van der Waals surface area contributed by atoms with Crippen molar-refractivity contribution >= 4 is 39.2 Å². The van der Waals surface area contributed by atoms with Crippen LogP contribution in [0.15, 0.2) is 0 Å². The van der Waals surface area contributed by atoms with Crippen molar-refractivity contribution < 1.29 is 27.2 Å². The van der Waals surface area contributed by atoms with E-state index >= 15 is 0 Å². The summed E-state index contributed by atoms with van der Waals surface area (Å²) in [6.07, 6.45) is -3.05. The van der Waals surface area contributed by atoms with Crippen LogP contribution in [0.3, 0.4) is 0 Å². The van der Waals surface area contributed by atoms with Crippen LogP contribution in [-0.4, -0.2) is 101 Å². The predicted molar refractivity (Wildman–Crippen MR) is 154 cm³/mol. The molecule has 0 radical (unpaired) electrons. The Morgan fingerprint density at radius 2 is 1.14 bits per heavy atom. The molecule has 0 saturated carbocycles. The number of rotatable bonds is 12.